The van der Waals surface area contributed by atoms with Crippen LogP contribution in [0.15, 0.2) is 71.6 Å². The molecule has 0 bridgehead atoms. The Bertz CT molecular complexity index is 1260. The highest BCUT2D eigenvalue weighted by atomic mass is 32.2. The molecule has 3 aromatic rings. The molecule has 9 heteroatoms. The van der Waals surface area contributed by atoms with Gasteiger partial charge < -0.3 is 18.6 Å². The van der Waals surface area contributed by atoms with Crippen molar-refractivity contribution in [3.8, 4) is 17.2 Å². The van der Waals surface area contributed by atoms with Crippen LogP contribution < -0.4 is 13.7 Å². The first kappa shape index (κ1) is 26.0. The zero-order chi connectivity index (χ0) is 25.6. The second kappa shape index (κ2) is 11.2. The van der Waals surface area contributed by atoms with Gasteiger partial charge in [-0.2, -0.15) is 8.42 Å². The Labute approximate surface area is 205 Å². The van der Waals surface area contributed by atoms with Gasteiger partial charge in [0.15, 0.2) is 11.5 Å². The number of benzene rings is 3. The van der Waals surface area contributed by atoms with Crippen molar-refractivity contribution < 1.29 is 31.3 Å². The fourth-order valence-electron chi connectivity index (χ4n) is 3.40. The molecule has 186 valence electrons. The molecule has 0 aliphatic heterocycles. The summed E-state index contributed by atoms with van der Waals surface area (Å²) in [5, 5.41) is 0. The first-order valence-electron chi connectivity index (χ1n) is 11.0. The molecular weight excluding hydrogens is 473 g/mol. The molecule has 0 aromatic heterocycles. The third-order valence-electron chi connectivity index (χ3n) is 5.60. The fraction of sp³-hybridized carbons (Fsp3) is 0.269. The zero-order valence-electron chi connectivity index (χ0n) is 20.0. The lowest BCUT2D eigenvalue weighted by atomic mass is 10.1. The molecule has 0 unspecified atom stereocenters. The van der Waals surface area contributed by atoms with E-state index in [1.807, 2.05) is 13.8 Å². The molecule has 3 rings (SSSR count). The molecule has 0 saturated carbocycles. The van der Waals surface area contributed by atoms with E-state index in [0.717, 1.165) is 30.7 Å². The molecule has 0 heterocycles. The lowest BCUT2D eigenvalue weighted by Gasteiger charge is -2.29. The Hall–Kier alpha value is -3.59. The van der Waals surface area contributed by atoms with Gasteiger partial charge >= 0.3 is 10.1 Å². The van der Waals surface area contributed by atoms with E-state index in [-0.39, 0.29) is 34.9 Å². The number of methoxy groups -OCH3 is 2. The van der Waals surface area contributed by atoms with E-state index in [4.69, 9.17) is 13.7 Å². The Morgan fingerprint density at radius 2 is 1.60 bits per heavy atom. The summed E-state index contributed by atoms with van der Waals surface area (Å²) in [7, 11) is -1.28. The van der Waals surface area contributed by atoms with E-state index < -0.39 is 15.9 Å². The fourth-order valence-corrected chi connectivity index (χ4v) is 4.33. The van der Waals surface area contributed by atoms with E-state index in [9.17, 15) is 17.6 Å². The highest BCUT2D eigenvalue weighted by Crippen LogP contribution is 2.32. The molecule has 0 fully saturated rings. The van der Waals surface area contributed by atoms with Crippen LogP contribution in [0.2, 0.25) is 0 Å². The van der Waals surface area contributed by atoms with E-state index in [1.54, 1.807) is 48.4 Å². The van der Waals surface area contributed by atoms with Crippen LogP contribution in [0.1, 0.15) is 36.2 Å². The van der Waals surface area contributed by atoms with Gasteiger partial charge in [-0.3, -0.25) is 4.79 Å². The molecule has 0 aliphatic carbocycles. The highest BCUT2D eigenvalue weighted by molar-refractivity contribution is 7.87. The van der Waals surface area contributed by atoms with Gasteiger partial charge in [-0.1, -0.05) is 13.0 Å². The van der Waals surface area contributed by atoms with Crippen molar-refractivity contribution >= 4 is 16.0 Å². The summed E-state index contributed by atoms with van der Waals surface area (Å²) in [6.45, 7) is 4.15. The van der Waals surface area contributed by atoms with Gasteiger partial charge in [-0.05, 0) is 79.6 Å². The number of hydrogen-bond acceptors (Lipinski definition) is 6. The normalized spacial score (nSPS) is 12.0. The molecule has 1 amide bonds. The lowest BCUT2D eigenvalue weighted by Crippen LogP contribution is -2.37. The van der Waals surface area contributed by atoms with Crippen molar-refractivity contribution in [2.75, 3.05) is 14.2 Å². The average molecular weight is 502 g/mol. The average Bonchev–Trinajstić information content (AvgIpc) is 2.86. The molecule has 0 saturated heterocycles. The van der Waals surface area contributed by atoms with Crippen molar-refractivity contribution in [1.29, 1.82) is 0 Å². The van der Waals surface area contributed by atoms with Gasteiger partial charge in [-0.25, -0.2) is 4.39 Å². The number of amides is 1. The minimum absolute atomic E-state index is 0.0321. The van der Waals surface area contributed by atoms with Crippen LogP contribution in [0.4, 0.5) is 4.39 Å². The second-order valence-corrected chi connectivity index (χ2v) is 9.44. The van der Waals surface area contributed by atoms with Gasteiger partial charge in [0, 0.05) is 18.2 Å². The summed E-state index contributed by atoms with van der Waals surface area (Å²) in [5.74, 6) is 0.0942. The minimum Gasteiger partial charge on any atom is -0.497 e. The SMILES string of the molecule is CC[C@@H](C)N(Cc1ccc(OC)c(OS(=O)(=O)c2ccc(F)cc2)c1)C(=O)c1ccc(OC)cc1. The predicted octanol–water partition coefficient (Wildman–Crippen LogP) is 5.05. The Balaban J connectivity index is 1.90. The van der Waals surface area contributed by atoms with Gasteiger partial charge in [-0.15, -0.1) is 0 Å². The predicted molar refractivity (Wildman–Crippen MR) is 130 cm³/mol. The minimum atomic E-state index is -4.23. The van der Waals surface area contributed by atoms with Crippen LogP contribution in [0, 0.1) is 5.82 Å². The molecule has 7 nitrogen and oxygen atoms in total. The molecule has 3 aromatic carbocycles. The van der Waals surface area contributed by atoms with Crippen molar-refractivity contribution in [3.63, 3.8) is 0 Å². The van der Waals surface area contributed by atoms with Crippen molar-refractivity contribution in [3.05, 3.63) is 83.7 Å². The molecule has 0 aliphatic rings. The summed E-state index contributed by atoms with van der Waals surface area (Å²) in [6.07, 6.45) is 0.723. The third kappa shape index (κ3) is 6.30. The first-order chi connectivity index (χ1) is 16.7. The summed E-state index contributed by atoms with van der Waals surface area (Å²) in [6, 6.07) is 15.9. The van der Waals surface area contributed by atoms with Gasteiger partial charge in [0.2, 0.25) is 0 Å². The smallest absolute Gasteiger partial charge is 0.339 e. The maximum Gasteiger partial charge on any atom is 0.339 e. The van der Waals surface area contributed by atoms with Gasteiger partial charge in [0.05, 0.1) is 14.2 Å². The third-order valence-corrected chi connectivity index (χ3v) is 6.85. The van der Waals surface area contributed by atoms with E-state index in [2.05, 4.69) is 0 Å². The lowest BCUT2D eigenvalue weighted by molar-refractivity contribution is 0.0671. The Kier molecular flexibility index (Phi) is 8.34. The molecular formula is C26H28FNO6S. The van der Waals surface area contributed by atoms with Crippen LogP contribution in [0.5, 0.6) is 17.2 Å². The van der Waals surface area contributed by atoms with E-state index in [0.29, 0.717) is 16.9 Å². The summed E-state index contributed by atoms with van der Waals surface area (Å²) in [4.78, 5) is 14.8. The maximum absolute atomic E-state index is 13.3. The topological polar surface area (TPSA) is 82.1 Å². The van der Waals surface area contributed by atoms with Crippen LogP contribution in [-0.4, -0.2) is 39.5 Å². The monoisotopic (exact) mass is 501 g/mol. The number of hydrogen-bond donors (Lipinski definition) is 0. The van der Waals surface area contributed by atoms with Crippen LogP contribution in [0.25, 0.3) is 0 Å². The molecule has 0 spiro atoms. The Morgan fingerprint density at radius 1 is 0.943 bits per heavy atom. The van der Waals surface area contributed by atoms with E-state index in [1.165, 1.54) is 13.2 Å². The largest absolute Gasteiger partial charge is 0.497 e. The van der Waals surface area contributed by atoms with Gasteiger partial charge in [0.1, 0.15) is 16.5 Å². The highest BCUT2D eigenvalue weighted by Gasteiger charge is 2.23. The molecule has 0 radical (unpaired) electrons. The molecule has 0 N–H and O–H groups in total. The standard InChI is InChI=1S/C26H28FNO6S/c1-5-18(2)28(26(29)20-7-11-22(32-3)12-8-20)17-19-6-15-24(33-4)25(16-19)34-35(30,31)23-13-9-21(27)10-14-23/h6-16,18H,5,17H2,1-4H3/t18-/m1/s1. The van der Waals surface area contributed by atoms with Crippen LogP contribution >= 0.6 is 0 Å². The van der Waals surface area contributed by atoms with Gasteiger partial charge in [0.25, 0.3) is 5.91 Å². The molecule has 1 atom stereocenters. The summed E-state index contributed by atoms with van der Waals surface area (Å²) >= 11 is 0. The number of carbonyl (C=O) groups is 1. The second-order valence-electron chi connectivity index (χ2n) is 7.90. The zero-order valence-corrected chi connectivity index (χ0v) is 20.8. The number of halogens is 1. The number of rotatable bonds is 10. The van der Waals surface area contributed by atoms with Crippen molar-refractivity contribution in [2.45, 2.75) is 37.8 Å². The number of nitrogens with zero attached hydrogens (tertiary/aromatic N) is 1. The maximum atomic E-state index is 13.3. The first-order valence-corrected chi connectivity index (χ1v) is 12.4. The molecule has 35 heavy (non-hydrogen) atoms. The van der Waals surface area contributed by atoms with Crippen LogP contribution in [-0.2, 0) is 16.7 Å². The summed E-state index contributed by atoms with van der Waals surface area (Å²) < 4.78 is 54.5. The quantitative estimate of drug-likeness (QED) is 0.362. The summed E-state index contributed by atoms with van der Waals surface area (Å²) in [5.41, 5.74) is 1.16. The number of ether oxygens (including phenoxy) is 2. The Morgan fingerprint density at radius 3 is 2.17 bits per heavy atom. The van der Waals surface area contributed by atoms with Crippen LogP contribution in [0.3, 0.4) is 0 Å². The van der Waals surface area contributed by atoms with Crippen molar-refractivity contribution in [2.24, 2.45) is 0 Å². The van der Waals surface area contributed by atoms with E-state index >= 15 is 0 Å². The number of carbonyl (C=O) groups excluding carboxylic acids is 1. The van der Waals surface area contributed by atoms with Crippen molar-refractivity contribution in [1.82, 2.24) is 4.90 Å².